The maximum atomic E-state index is 9.27. The van der Waals surface area contributed by atoms with Crippen molar-refractivity contribution in [2.45, 2.75) is 6.92 Å². The number of fused-ring (bicyclic) bond motifs is 1. The van der Waals surface area contributed by atoms with Gasteiger partial charge in [-0.2, -0.15) is 0 Å². The normalized spacial score (nSPS) is 10.8. The molecule has 2 rings (SSSR count). The highest BCUT2D eigenvalue weighted by Crippen LogP contribution is 2.31. The van der Waals surface area contributed by atoms with Gasteiger partial charge in [-0.1, -0.05) is 0 Å². The van der Waals surface area contributed by atoms with E-state index in [0.717, 1.165) is 19.7 Å². The minimum absolute atomic E-state index is 0.276. The number of aryl methyl sites for hydroxylation is 1. The van der Waals surface area contributed by atoms with Gasteiger partial charge in [0.2, 0.25) is 0 Å². The van der Waals surface area contributed by atoms with E-state index in [2.05, 4.69) is 20.9 Å². The second kappa shape index (κ2) is 2.71. The fourth-order valence-electron chi connectivity index (χ4n) is 1.09. The molecule has 0 aliphatic rings. The summed E-state index contributed by atoms with van der Waals surface area (Å²) in [5, 5.41) is 10.3. The van der Waals surface area contributed by atoms with Crippen LogP contribution in [0.2, 0.25) is 0 Å². The molecule has 62 valence electrons. The van der Waals surface area contributed by atoms with E-state index in [1.807, 2.05) is 6.92 Å². The molecule has 1 heterocycles. The molecule has 0 aliphatic heterocycles. The Bertz CT molecular complexity index is 438. The SMILES string of the molecule is Cc1nc2c(Br)cc(O)cc2s1. The summed E-state index contributed by atoms with van der Waals surface area (Å²) in [6, 6.07) is 3.38. The zero-order chi connectivity index (χ0) is 8.72. The average molecular weight is 244 g/mol. The van der Waals surface area contributed by atoms with Crippen molar-refractivity contribution in [3.63, 3.8) is 0 Å². The molecule has 1 aromatic heterocycles. The number of thiazole rings is 1. The monoisotopic (exact) mass is 243 g/mol. The maximum Gasteiger partial charge on any atom is 0.118 e. The number of aromatic nitrogens is 1. The molecule has 2 aromatic rings. The van der Waals surface area contributed by atoms with Crippen molar-refractivity contribution >= 4 is 37.5 Å². The molecule has 0 spiro atoms. The van der Waals surface area contributed by atoms with Gasteiger partial charge in [-0.25, -0.2) is 4.98 Å². The Morgan fingerprint density at radius 1 is 1.50 bits per heavy atom. The fraction of sp³-hybridized carbons (Fsp3) is 0.125. The topological polar surface area (TPSA) is 33.1 Å². The minimum atomic E-state index is 0.276. The molecule has 2 nitrogen and oxygen atoms in total. The number of phenolic OH excluding ortho intramolecular Hbond substituents is 1. The van der Waals surface area contributed by atoms with E-state index in [4.69, 9.17) is 0 Å². The molecule has 0 unspecified atom stereocenters. The van der Waals surface area contributed by atoms with Crippen molar-refractivity contribution in [2.75, 3.05) is 0 Å². The van der Waals surface area contributed by atoms with Crippen LogP contribution in [0.25, 0.3) is 10.2 Å². The Hall–Kier alpha value is -0.610. The third-order valence-corrected chi connectivity index (χ3v) is 3.06. The summed E-state index contributed by atoms with van der Waals surface area (Å²) in [4.78, 5) is 4.31. The molecular formula is C8H6BrNOS. The number of aromatic hydroxyl groups is 1. The lowest BCUT2D eigenvalue weighted by molar-refractivity contribution is 0.476. The Balaban J connectivity index is 2.88. The van der Waals surface area contributed by atoms with Crippen LogP contribution < -0.4 is 0 Å². The van der Waals surface area contributed by atoms with Crippen LogP contribution in [-0.2, 0) is 0 Å². The van der Waals surface area contributed by atoms with Crippen LogP contribution in [0.15, 0.2) is 16.6 Å². The van der Waals surface area contributed by atoms with Gasteiger partial charge in [-0.05, 0) is 35.0 Å². The van der Waals surface area contributed by atoms with Gasteiger partial charge in [0.15, 0.2) is 0 Å². The van der Waals surface area contributed by atoms with Crippen molar-refractivity contribution in [1.82, 2.24) is 4.98 Å². The van der Waals surface area contributed by atoms with Crippen LogP contribution >= 0.6 is 27.3 Å². The lowest BCUT2D eigenvalue weighted by atomic mass is 10.3. The van der Waals surface area contributed by atoms with Crippen molar-refractivity contribution in [2.24, 2.45) is 0 Å². The first kappa shape index (κ1) is 8.01. The first-order valence-corrected chi connectivity index (χ1v) is 5.03. The molecule has 0 amide bonds. The Morgan fingerprint density at radius 2 is 2.25 bits per heavy atom. The van der Waals surface area contributed by atoms with Crippen molar-refractivity contribution < 1.29 is 5.11 Å². The van der Waals surface area contributed by atoms with Crippen LogP contribution in [0.4, 0.5) is 0 Å². The Kier molecular flexibility index (Phi) is 1.81. The first-order valence-electron chi connectivity index (χ1n) is 3.42. The van der Waals surface area contributed by atoms with Crippen LogP contribution in [0, 0.1) is 6.92 Å². The molecule has 0 radical (unpaired) electrons. The van der Waals surface area contributed by atoms with Crippen LogP contribution in [0.5, 0.6) is 5.75 Å². The lowest BCUT2D eigenvalue weighted by Crippen LogP contribution is -1.71. The molecule has 0 aliphatic carbocycles. The number of phenols is 1. The van der Waals surface area contributed by atoms with E-state index in [-0.39, 0.29) is 5.75 Å². The molecule has 0 saturated carbocycles. The average Bonchev–Trinajstić information content (AvgIpc) is 2.29. The summed E-state index contributed by atoms with van der Waals surface area (Å²) in [5.74, 6) is 0.276. The number of hydrogen-bond acceptors (Lipinski definition) is 3. The predicted molar refractivity (Wildman–Crippen MR) is 53.7 cm³/mol. The third-order valence-electron chi connectivity index (χ3n) is 1.54. The van der Waals surface area contributed by atoms with Gasteiger partial charge in [-0.15, -0.1) is 11.3 Å². The molecule has 1 aromatic carbocycles. The largest absolute Gasteiger partial charge is 0.508 e. The smallest absolute Gasteiger partial charge is 0.118 e. The molecule has 0 atom stereocenters. The maximum absolute atomic E-state index is 9.27. The lowest BCUT2D eigenvalue weighted by Gasteiger charge is -1.93. The van der Waals surface area contributed by atoms with E-state index in [1.165, 1.54) is 0 Å². The highest BCUT2D eigenvalue weighted by Gasteiger charge is 2.05. The molecule has 0 saturated heterocycles. The van der Waals surface area contributed by atoms with Crippen molar-refractivity contribution in [3.8, 4) is 5.75 Å². The Morgan fingerprint density at radius 3 is 3.00 bits per heavy atom. The highest BCUT2D eigenvalue weighted by atomic mass is 79.9. The minimum Gasteiger partial charge on any atom is -0.508 e. The number of benzene rings is 1. The van der Waals surface area contributed by atoms with Crippen LogP contribution in [0.3, 0.4) is 0 Å². The van der Waals surface area contributed by atoms with Crippen molar-refractivity contribution in [1.29, 1.82) is 0 Å². The van der Waals surface area contributed by atoms with Gasteiger partial charge < -0.3 is 5.11 Å². The first-order chi connectivity index (χ1) is 5.66. The molecule has 0 bridgehead atoms. The molecule has 12 heavy (non-hydrogen) atoms. The van der Waals surface area contributed by atoms with Gasteiger partial charge >= 0.3 is 0 Å². The number of hydrogen-bond donors (Lipinski definition) is 1. The number of nitrogens with zero attached hydrogens (tertiary/aromatic N) is 1. The van der Waals surface area contributed by atoms with Gasteiger partial charge in [0.05, 0.1) is 15.2 Å². The summed E-state index contributed by atoms with van der Waals surface area (Å²) in [6.45, 7) is 1.95. The molecular weight excluding hydrogens is 238 g/mol. The predicted octanol–water partition coefficient (Wildman–Crippen LogP) is 3.07. The highest BCUT2D eigenvalue weighted by molar-refractivity contribution is 9.10. The number of halogens is 1. The summed E-state index contributed by atoms with van der Waals surface area (Å²) >= 11 is 4.92. The van der Waals surface area contributed by atoms with Crippen LogP contribution in [0.1, 0.15) is 5.01 Å². The van der Waals surface area contributed by atoms with E-state index >= 15 is 0 Å². The quantitative estimate of drug-likeness (QED) is 0.772. The summed E-state index contributed by atoms with van der Waals surface area (Å²) in [6.07, 6.45) is 0. The zero-order valence-corrected chi connectivity index (χ0v) is 8.74. The van der Waals surface area contributed by atoms with E-state index < -0.39 is 0 Å². The van der Waals surface area contributed by atoms with Crippen molar-refractivity contribution in [3.05, 3.63) is 21.6 Å². The van der Waals surface area contributed by atoms with E-state index in [9.17, 15) is 5.11 Å². The van der Waals surface area contributed by atoms with Gasteiger partial charge in [-0.3, -0.25) is 0 Å². The van der Waals surface area contributed by atoms with Gasteiger partial charge in [0.1, 0.15) is 5.75 Å². The summed E-state index contributed by atoms with van der Waals surface area (Å²) in [7, 11) is 0. The zero-order valence-electron chi connectivity index (χ0n) is 6.34. The van der Waals surface area contributed by atoms with Gasteiger partial charge in [0, 0.05) is 4.47 Å². The molecule has 4 heteroatoms. The second-order valence-corrected chi connectivity index (χ2v) is 4.60. The summed E-state index contributed by atoms with van der Waals surface area (Å²) in [5.41, 5.74) is 0.926. The number of rotatable bonds is 0. The Labute approximate surface area is 82.0 Å². The van der Waals surface area contributed by atoms with E-state index in [0.29, 0.717) is 0 Å². The summed E-state index contributed by atoms with van der Waals surface area (Å²) < 4.78 is 1.86. The second-order valence-electron chi connectivity index (χ2n) is 2.51. The van der Waals surface area contributed by atoms with Gasteiger partial charge in [0.25, 0.3) is 0 Å². The molecule has 1 N–H and O–H groups in total. The van der Waals surface area contributed by atoms with E-state index in [1.54, 1.807) is 23.5 Å². The molecule has 0 fully saturated rings. The van der Waals surface area contributed by atoms with Crippen LogP contribution in [-0.4, -0.2) is 10.1 Å². The fourth-order valence-corrected chi connectivity index (χ4v) is 2.64. The standard InChI is InChI=1S/C8H6BrNOS/c1-4-10-8-6(9)2-5(11)3-7(8)12-4/h2-3,11H,1H3. The third kappa shape index (κ3) is 1.21.